The molecule has 0 saturated heterocycles. The first kappa shape index (κ1) is 14.4. The second kappa shape index (κ2) is 6.98. The van der Waals surface area contributed by atoms with Crippen molar-refractivity contribution in [3.8, 4) is 0 Å². The third kappa shape index (κ3) is 4.89. The predicted octanol–water partition coefficient (Wildman–Crippen LogP) is 3.14. The van der Waals surface area contributed by atoms with Crippen molar-refractivity contribution in [2.75, 3.05) is 6.54 Å². The number of thiazole rings is 1. The predicted molar refractivity (Wildman–Crippen MR) is 79.6 cm³/mol. The molecule has 0 radical (unpaired) electrons. The van der Waals surface area contributed by atoms with Gasteiger partial charge in [-0.15, -0.1) is 11.3 Å². The van der Waals surface area contributed by atoms with Gasteiger partial charge in [-0.2, -0.15) is 0 Å². The fraction of sp³-hybridized carbons (Fsp3) is 0.462. The number of rotatable bonds is 6. The van der Waals surface area contributed by atoms with E-state index in [2.05, 4.69) is 34.1 Å². The van der Waals surface area contributed by atoms with Crippen molar-refractivity contribution in [3.63, 3.8) is 0 Å². The number of hydrogen-bond donors (Lipinski definition) is 1. The highest BCUT2D eigenvalue weighted by Crippen LogP contribution is 2.27. The van der Waals surface area contributed by atoms with E-state index in [4.69, 9.17) is 0 Å². The van der Waals surface area contributed by atoms with Crippen LogP contribution in [0, 0.1) is 12.8 Å². The van der Waals surface area contributed by atoms with Crippen LogP contribution in [0.25, 0.3) is 0 Å². The molecule has 102 valence electrons. The van der Waals surface area contributed by atoms with Gasteiger partial charge in [0.25, 0.3) is 0 Å². The van der Waals surface area contributed by atoms with E-state index in [1.165, 1.54) is 11.8 Å². The van der Waals surface area contributed by atoms with Gasteiger partial charge in [-0.3, -0.25) is 0 Å². The molecule has 6 heteroatoms. The average Bonchev–Trinajstić information content (AvgIpc) is 2.77. The third-order valence-electron chi connectivity index (χ3n) is 2.34. The molecule has 0 spiro atoms. The normalized spacial score (nSPS) is 11.2. The Bertz CT molecular complexity index is 508. The summed E-state index contributed by atoms with van der Waals surface area (Å²) < 4.78 is 0.989. The van der Waals surface area contributed by atoms with Crippen LogP contribution >= 0.6 is 23.1 Å². The Morgan fingerprint density at radius 2 is 2.05 bits per heavy atom. The molecule has 0 bridgehead atoms. The van der Waals surface area contributed by atoms with Gasteiger partial charge in [0, 0.05) is 35.6 Å². The molecule has 0 unspecified atom stereocenters. The van der Waals surface area contributed by atoms with Gasteiger partial charge in [0.1, 0.15) is 0 Å². The lowest BCUT2D eigenvalue weighted by Gasteiger charge is -2.06. The molecule has 0 saturated carbocycles. The van der Waals surface area contributed by atoms with E-state index in [1.807, 2.05) is 24.7 Å². The second-order valence-electron chi connectivity index (χ2n) is 4.76. The molecule has 2 aromatic rings. The Morgan fingerprint density at radius 3 is 2.63 bits per heavy atom. The fourth-order valence-corrected chi connectivity index (χ4v) is 3.09. The van der Waals surface area contributed by atoms with Gasteiger partial charge < -0.3 is 5.32 Å². The zero-order valence-electron chi connectivity index (χ0n) is 11.4. The molecule has 0 amide bonds. The van der Waals surface area contributed by atoms with Crippen LogP contribution in [0.15, 0.2) is 27.3 Å². The molecule has 2 heterocycles. The molecule has 2 rings (SSSR count). The molecule has 19 heavy (non-hydrogen) atoms. The Kier molecular flexibility index (Phi) is 5.30. The Morgan fingerprint density at radius 1 is 1.32 bits per heavy atom. The SMILES string of the molecule is Cc1csc(Sc2ncc(CNCC(C)C)cn2)n1. The van der Waals surface area contributed by atoms with E-state index >= 15 is 0 Å². The molecule has 2 aromatic heterocycles. The lowest BCUT2D eigenvalue weighted by Crippen LogP contribution is -2.19. The molecule has 0 fully saturated rings. The highest BCUT2D eigenvalue weighted by molar-refractivity contribution is 8.00. The van der Waals surface area contributed by atoms with E-state index in [0.29, 0.717) is 5.92 Å². The summed E-state index contributed by atoms with van der Waals surface area (Å²) in [5.74, 6) is 0.656. The van der Waals surface area contributed by atoms with Gasteiger partial charge in [-0.05, 0) is 31.1 Å². The summed E-state index contributed by atoms with van der Waals surface area (Å²) in [6, 6.07) is 0. The first-order valence-electron chi connectivity index (χ1n) is 6.25. The average molecular weight is 294 g/mol. The molecule has 4 nitrogen and oxygen atoms in total. The minimum Gasteiger partial charge on any atom is -0.312 e. The number of nitrogens with one attached hydrogen (secondary N) is 1. The van der Waals surface area contributed by atoms with E-state index in [1.54, 1.807) is 11.3 Å². The molecule has 0 aliphatic carbocycles. The van der Waals surface area contributed by atoms with Crippen LogP contribution in [0.2, 0.25) is 0 Å². The summed E-state index contributed by atoms with van der Waals surface area (Å²) in [6.07, 6.45) is 3.76. The summed E-state index contributed by atoms with van der Waals surface area (Å²) in [6.45, 7) is 8.21. The maximum atomic E-state index is 4.39. The van der Waals surface area contributed by atoms with E-state index in [0.717, 1.165) is 33.8 Å². The lowest BCUT2D eigenvalue weighted by molar-refractivity contribution is 0.550. The number of aromatic nitrogens is 3. The van der Waals surface area contributed by atoms with Crippen molar-refractivity contribution in [3.05, 3.63) is 29.0 Å². The van der Waals surface area contributed by atoms with Crippen LogP contribution in [0.4, 0.5) is 0 Å². The number of hydrogen-bond acceptors (Lipinski definition) is 6. The third-order valence-corrected chi connectivity index (χ3v) is 4.29. The quantitative estimate of drug-likeness (QED) is 0.830. The largest absolute Gasteiger partial charge is 0.312 e. The molecular weight excluding hydrogens is 276 g/mol. The van der Waals surface area contributed by atoms with Crippen molar-refractivity contribution in [2.45, 2.75) is 36.8 Å². The van der Waals surface area contributed by atoms with E-state index < -0.39 is 0 Å². The zero-order chi connectivity index (χ0) is 13.7. The topological polar surface area (TPSA) is 50.7 Å². The van der Waals surface area contributed by atoms with Gasteiger partial charge in [-0.1, -0.05) is 13.8 Å². The second-order valence-corrected chi connectivity index (χ2v) is 6.83. The Balaban J connectivity index is 1.87. The van der Waals surface area contributed by atoms with Crippen LogP contribution in [0.5, 0.6) is 0 Å². The summed E-state index contributed by atoms with van der Waals surface area (Å²) in [5.41, 5.74) is 2.15. The summed E-state index contributed by atoms with van der Waals surface area (Å²) in [5, 5.41) is 6.16. The molecule has 1 N–H and O–H groups in total. The zero-order valence-corrected chi connectivity index (χ0v) is 13.0. The lowest BCUT2D eigenvalue weighted by atomic mass is 10.2. The molecule has 0 aliphatic rings. The van der Waals surface area contributed by atoms with Crippen molar-refractivity contribution in [1.29, 1.82) is 0 Å². The Labute approximate surface area is 122 Å². The van der Waals surface area contributed by atoms with Crippen LogP contribution < -0.4 is 5.32 Å². The summed E-state index contributed by atoms with van der Waals surface area (Å²) >= 11 is 3.14. The van der Waals surface area contributed by atoms with E-state index in [-0.39, 0.29) is 0 Å². The van der Waals surface area contributed by atoms with Crippen LogP contribution in [0.3, 0.4) is 0 Å². The van der Waals surface area contributed by atoms with E-state index in [9.17, 15) is 0 Å². The monoisotopic (exact) mass is 294 g/mol. The van der Waals surface area contributed by atoms with Gasteiger partial charge in [0.15, 0.2) is 9.50 Å². The summed E-state index contributed by atoms with van der Waals surface area (Å²) in [7, 11) is 0. The standard InChI is InChI=1S/C13H18N4S2/c1-9(2)4-14-5-11-6-15-12(16-7-11)19-13-17-10(3)8-18-13/h6-9,14H,4-5H2,1-3H3. The van der Waals surface area contributed by atoms with Crippen LogP contribution in [-0.4, -0.2) is 21.5 Å². The summed E-state index contributed by atoms with van der Waals surface area (Å²) in [4.78, 5) is 13.1. The fourth-order valence-electron chi connectivity index (χ4n) is 1.45. The van der Waals surface area contributed by atoms with Crippen LogP contribution in [-0.2, 0) is 6.54 Å². The van der Waals surface area contributed by atoms with Crippen LogP contribution in [0.1, 0.15) is 25.1 Å². The first-order chi connectivity index (χ1) is 9.13. The van der Waals surface area contributed by atoms with Crippen molar-refractivity contribution in [2.24, 2.45) is 5.92 Å². The molecular formula is C13H18N4S2. The molecule has 0 aromatic carbocycles. The maximum Gasteiger partial charge on any atom is 0.194 e. The molecule has 0 atom stereocenters. The minimum atomic E-state index is 0.656. The van der Waals surface area contributed by atoms with Gasteiger partial charge in [0.05, 0.1) is 0 Å². The highest BCUT2D eigenvalue weighted by Gasteiger charge is 2.04. The number of aryl methyl sites for hydroxylation is 1. The van der Waals surface area contributed by atoms with Gasteiger partial charge >= 0.3 is 0 Å². The Hall–Kier alpha value is -0.980. The first-order valence-corrected chi connectivity index (χ1v) is 7.94. The van der Waals surface area contributed by atoms with Crippen molar-refractivity contribution in [1.82, 2.24) is 20.3 Å². The minimum absolute atomic E-state index is 0.656. The molecule has 0 aliphatic heterocycles. The smallest absolute Gasteiger partial charge is 0.194 e. The highest BCUT2D eigenvalue weighted by atomic mass is 32.2. The van der Waals surface area contributed by atoms with Gasteiger partial charge in [0.2, 0.25) is 0 Å². The van der Waals surface area contributed by atoms with Crippen molar-refractivity contribution >= 4 is 23.1 Å². The maximum absolute atomic E-state index is 4.39. The van der Waals surface area contributed by atoms with Gasteiger partial charge in [-0.25, -0.2) is 15.0 Å². The van der Waals surface area contributed by atoms with Crippen molar-refractivity contribution < 1.29 is 0 Å². The number of nitrogens with zero attached hydrogens (tertiary/aromatic N) is 3.